The quantitative estimate of drug-likeness (QED) is 0.496. The standard InChI is InChI=1S/C25H34O4/c1-5-22(28)29-25(16(3)26)14-11-21-19-8-7-17-15-18(27)9-12-23(17,4)20(19)10-13-24(21,25)6-2/h6,15,19-21H,2,5,7-14H2,1,3-4H3/t19-,20+,21+,23+,24+,25+/m1/s1. The summed E-state index contributed by atoms with van der Waals surface area (Å²) in [5, 5.41) is 0. The third-order valence-electron chi connectivity index (χ3n) is 9.16. The maximum atomic E-state index is 13.0. The fourth-order valence-corrected chi connectivity index (χ4v) is 7.70. The topological polar surface area (TPSA) is 60.4 Å². The summed E-state index contributed by atoms with van der Waals surface area (Å²) in [6.07, 6.45) is 11.1. The monoisotopic (exact) mass is 398 g/mol. The molecule has 6 atom stereocenters. The Kier molecular flexibility index (Phi) is 4.91. The van der Waals surface area contributed by atoms with E-state index in [1.54, 1.807) is 13.8 Å². The number of fused-ring (bicyclic) bond motifs is 5. The molecule has 0 N–H and O–H groups in total. The Morgan fingerprint density at radius 2 is 1.90 bits per heavy atom. The van der Waals surface area contributed by atoms with Gasteiger partial charge >= 0.3 is 5.97 Å². The van der Waals surface area contributed by atoms with Crippen molar-refractivity contribution in [3.63, 3.8) is 0 Å². The van der Waals surface area contributed by atoms with Crippen LogP contribution in [0.25, 0.3) is 0 Å². The summed E-state index contributed by atoms with van der Waals surface area (Å²) < 4.78 is 5.98. The van der Waals surface area contributed by atoms with E-state index >= 15 is 0 Å². The highest BCUT2D eigenvalue weighted by Gasteiger charge is 2.68. The molecule has 0 aromatic rings. The van der Waals surface area contributed by atoms with Crippen LogP contribution in [0.4, 0.5) is 0 Å². The number of carbonyl (C=O) groups excluding carboxylic acids is 3. The van der Waals surface area contributed by atoms with E-state index in [1.807, 2.05) is 12.2 Å². The van der Waals surface area contributed by atoms with E-state index in [4.69, 9.17) is 4.74 Å². The van der Waals surface area contributed by atoms with E-state index in [9.17, 15) is 14.4 Å². The van der Waals surface area contributed by atoms with Gasteiger partial charge in [-0.25, -0.2) is 0 Å². The minimum atomic E-state index is -1.06. The maximum Gasteiger partial charge on any atom is 0.306 e. The number of ether oxygens (including phenoxy) is 1. The molecule has 4 aliphatic carbocycles. The fraction of sp³-hybridized carbons (Fsp3) is 0.720. The van der Waals surface area contributed by atoms with Gasteiger partial charge in [-0.15, -0.1) is 6.58 Å². The van der Waals surface area contributed by atoms with Crippen molar-refractivity contribution in [3.05, 3.63) is 24.3 Å². The summed E-state index contributed by atoms with van der Waals surface area (Å²) >= 11 is 0. The van der Waals surface area contributed by atoms with Crippen molar-refractivity contribution in [1.82, 2.24) is 0 Å². The zero-order valence-corrected chi connectivity index (χ0v) is 18.1. The van der Waals surface area contributed by atoms with Crippen LogP contribution in [-0.2, 0) is 19.1 Å². The molecule has 3 saturated carbocycles. The Morgan fingerprint density at radius 1 is 1.17 bits per heavy atom. The normalized spacial score (nSPS) is 43.5. The van der Waals surface area contributed by atoms with Crippen LogP contribution in [0.15, 0.2) is 24.3 Å². The fourth-order valence-electron chi connectivity index (χ4n) is 7.70. The molecule has 0 aromatic heterocycles. The number of hydrogen-bond acceptors (Lipinski definition) is 4. The molecular weight excluding hydrogens is 364 g/mol. The van der Waals surface area contributed by atoms with Crippen molar-refractivity contribution in [2.75, 3.05) is 0 Å². The van der Waals surface area contributed by atoms with Crippen LogP contribution >= 0.6 is 0 Å². The molecule has 0 unspecified atom stereocenters. The van der Waals surface area contributed by atoms with E-state index in [-0.39, 0.29) is 29.4 Å². The van der Waals surface area contributed by atoms with E-state index in [2.05, 4.69) is 13.5 Å². The molecule has 4 aliphatic rings. The molecule has 0 radical (unpaired) electrons. The van der Waals surface area contributed by atoms with Crippen LogP contribution in [0.3, 0.4) is 0 Å². The van der Waals surface area contributed by atoms with Gasteiger partial charge in [-0.3, -0.25) is 14.4 Å². The zero-order chi connectivity index (χ0) is 21.0. The second-order valence-electron chi connectivity index (χ2n) is 10.0. The number of Topliss-reactive ketones (excluding diaryl/α,β-unsaturated/α-hetero) is 1. The molecule has 0 bridgehead atoms. The van der Waals surface area contributed by atoms with Crippen molar-refractivity contribution in [1.29, 1.82) is 0 Å². The molecule has 4 heteroatoms. The third kappa shape index (κ3) is 2.67. The van der Waals surface area contributed by atoms with Gasteiger partial charge in [0.2, 0.25) is 0 Å². The second-order valence-corrected chi connectivity index (χ2v) is 10.0. The first kappa shape index (κ1) is 20.6. The molecule has 0 aromatic carbocycles. The molecule has 4 nitrogen and oxygen atoms in total. The van der Waals surface area contributed by atoms with Crippen LogP contribution in [0.5, 0.6) is 0 Å². The smallest absolute Gasteiger partial charge is 0.306 e. The molecule has 3 fully saturated rings. The maximum absolute atomic E-state index is 13.0. The Hall–Kier alpha value is -1.71. The lowest BCUT2D eigenvalue weighted by atomic mass is 9.46. The molecule has 0 heterocycles. The van der Waals surface area contributed by atoms with E-state index in [0.717, 1.165) is 38.5 Å². The predicted octanol–water partition coefficient (Wildman–Crippen LogP) is 4.97. The first-order valence-electron chi connectivity index (χ1n) is 11.3. The number of ketones is 2. The van der Waals surface area contributed by atoms with Gasteiger partial charge in [-0.1, -0.05) is 25.5 Å². The minimum absolute atomic E-state index is 0.0361. The van der Waals surface area contributed by atoms with E-state index < -0.39 is 11.0 Å². The molecule has 0 spiro atoms. The molecule has 0 amide bonds. The summed E-state index contributed by atoms with van der Waals surface area (Å²) in [4.78, 5) is 37.3. The van der Waals surface area contributed by atoms with Crippen molar-refractivity contribution >= 4 is 17.5 Å². The van der Waals surface area contributed by atoms with Crippen LogP contribution < -0.4 is 0 Å². The summed E-state index contributed by atoms with van der Waals surface area (Å²) in [5.74, 6) is 1.26. The van der Waals surface area contributed by atoms with Gasteiger partial charge in [0.05, 0.1) is 0 Å². The van der Waals surface area contributed by atoms with Gasteiger partial charge in [0.1, 0.15) is 0 Å². The van der Waals surface area contributed by atoms with Crippen LogP contribution in [0.2, 0.25) is 0 Å². The van der Waals surface area contributed by atoms with Gasteiger partial charge < -0.3 is 4.74 Å². The highest BCUT2D eigenvalue weighted by Crippen LogP contribution is 2.68. The summed E-state index contributed by atoms with van der Waals surface area (Å²) in [6.45, 7) is 9.89. The number of allylic oxidation sites excluding steroid dienone is 1. The SMILES string of the molecule is C=C[C@]12CC[C@H]3[C@@H](CCC4=CC(=O)CC[C@@]43C)[C@@H]1CC[C@]2(OC(=O)CC)C(C)=O. The summed E-state index contributed by atoms with van der Waals surface area (Å²) in [7, 11) is 0. The molecule has 0 aliphatic heterocycles. The van der Waals surface area contributed by atoms with Gasteiger partial charge in [-0.05, 0) is 81.1 Å². The van der Waals surface area contributed by atoms with Crippen molar-refractivity contribution in [2.24, 2.45) is 28.6 Å². The van der Waals surface area contributed by atoms with Crippen molar-refractivity contribution < 1.29 is 19.1 Å². The van der Waals surface area contributed by atoms with Gasteiger partial charge in [0.15, 0.2) is 17.2 Å². The summed E-state index contributed by atoms with van der Waals surface area (Å²) in [5.41, 5.74) is -0.0929. The Balaban J connectivity index is 1.73. The van der Waals surface area contributed by atoms with Gasteiger partial charge in [-0.2, -0.15) is 0 Å². The molecular formula is C25H34O4. The lowest BCUT2D eigenvalue weighted by Crippen LogP contribution is -2.59. The summed E-state index contributed by atoms with van der Waals surface area (Å²) in [6, 6.07) is 0. The zero-order valence-electron chi connectivity index (χ0n) is 18.1. The van der Waals surface area contributed by atoms with Crippen LogP contribution in [-0.4, -0.2) is 23.1 Å². The third-order valence-corrected chi connectivity index (χ3v) is 9.16. The largest absolute Gasteiger partial charge is 0.450 e. The molecule has 158 valence electrons. The Labute approximate surface area is 174 Å². The van der Waals surface area contributed by atoms with E-state index in [0.29, 0.717) is 30.6 Å². The highest BCUT2D eigenvalue weighted by atomic mass is 16.6. The highest BCUT2D eigenvalue weighted by molar-refractivity contribution is 5.92. The average Bonchev–Trinajstić information content (AvgIpc) is 3.04. The molecule has 29 heavy (non-hydrogen) atoms. The number of carbonyl (C=O) groups is 3. The lowest BCUT2D eigenvalue weighted by Gasteiger charge is -2.59. The molecule has 0 saturated heterocycles. The Morgan fingerprint density at radius 3 is 2.55 bits per heavy atom. The van der Waals surface area contributed by atoms with Crippen molar-refractivity contribution in [3.8, 4) is 0 Å². The number of hydrogen-bond donors (Lipinski definition) is 0. The first-order chi connectivity index (χ1) is 13.7. The average molecular weight is 399 g/mol. The first-order valence-corrected chi connectivity index (χ1v) is 11.3. The Bertz CT molecular complexity index is 795. The second kappa shape index (κ2) is 6.92. The van der Waals surface area contributed by atoms with Gasteiger partial charge in [0.25, 0.3) is 0 Å². The number of esters is 1. The number of rotatable bonds is 4. The van der Waals surface area contributed by atoms with Crippen LogP contribution in [0.1, 0.15) is 78.6 Å². The van der Waals surface area contributed by atoms with Crippen molar-refractivity contribution in [2.45, 2.75) is 84.2 Å². The minimum Gasteiger partial charge on any atom is -0.450 e. The van der Waals surface area contributed by atoms with Crippen LogP contribution in [0, 0.1) is 28.6 Å². The lowest BCUT2D eigenvalue weighted by molar-refractivity contribution is -0.184. The molecule has 4 rings (SSSR count). The van der Waals surface area contributed by atoms with E-state index in [1.165, 1.54) is 5.57 Å². The predicted molar refractivity (Wildman–Crippen MR) is 111 cm³/mol. The van der Waals surface area contributed by atoms with Gasteiger partial charge in [0, 0.05) is 18.3 Å².